The van der Waals surface area contributed by atoms with Gasteiger partial charge in [-0.1, -0.05) is 54.6 Å². The molecule has 2 fully saturated rings. The van der Waals surface area contributed by atoms with Crippen molar-refractivity contribution in [1.29, 1.82) is 0 Å². The molecule has 1 N–H and O–H groups in total. The van der Waals surface area contributed by atoms with Crippen LogP contribution in [0.15, 0.2) is 116 Å². The normalized spacial score (nSPS) is 23.6. The van der Waals surface area contributed by atoms with Gasteiger partial charge in [0.25, 0.3) is 0 Å². The van der Waals surface area contributed by atoms with Gasteiger partial charge in [-0.3, -0.25) is 9.80 Å². The second-order valence-corrected chi connectivity index (χ2v) is 20.1. The van der Waals surface area contributed by atoms with Crippen LogP contribution in [0.25, 0.3) is 43.2 Å². The molecule has 18 nitrogen and oxygen atoms in total. The monoisotopic (exact) mass is 1110 g/mol. The average Bonchev–Trinajstić information content (AvgIpc) is 4.05. The smallest absolute Gasteiger partial charge is 0.345 e. The highest BCUT2D eigenvalue weighted by Crippen LogP contribution is 2.50. The Morgan fingerprint density at radius 2 is 1.63 bits per heavy atom. The number of hydrogen-bond acceptors (Lipinski definition) is 18. The minimum absolute atomic E-state index is 0.00454. The summed E-state index contributed by atoms with van der Waals surface area (Å²) < 4.78 is 76.1. The fourth-order valence-electron chi connectivity index (χ4n) is 9.96. The standard InChI is InChI=1S/C57H62ClFN6O12S/c1-8-11-37-26-38(73-30-36-20-21-60-53(63-36)41-12-9-10-13-42(41)68-3)27-44(56(66)67)76-54-47-46(52(78-55(47)62-32-61-54)34-14-16-35(59)17-15-34)40-18-19-43(48(58)33(40)2)75-39(31-74-37)28-64-22-24-65(25-23-64)29-45-49(69-4)50(70-5)51(71-6)57(72-7)77-45/h8-21,26,32,39,44-45,49-51,57H,1,22-25,27-31H2,2-7H3,(H,66,67)/b37-11+,38-26-/t39-,44-,45-,49-,50+,51+,57+/m1/s1. The summed E-state index contributed by atoms with van der Waals surface area (Å²) >= 11 is 8.69. The number of carboxylic acids is 1. The Balaban J connectivity index is 1.06. The molecular weight excluding hydrogens is 1050 g/mol. The van der Waals surface area contributed by atoms with E-state index in [0.717, 1.165) is 0 Å². The lowest BCUT2D eigenvalue weighted by Gasteiger charge is -2.46. The van der Waals surface area contributed by atoms with Crippen molar-refractivity contribution in [1.82, 2.24) is 29.7 Å². The fraction of sp³-hybridized carbons (Fsp3) is 0.386. The number of piperazine rings is 1. The highest BCUT2D eigenvalue weighted by Gasteiger charge is 2.48. The zero-order valence-corrected chi connectivity index (χ0v) is 45.7. The number of rotatable bonds is 16. The maximum absolute atomic E-state index is 14.4. The lowest BCUT2D eigenvalue weighted by molar-refractivity contribution is -0.304. The number of ether oxygens (including phenoxy) is 10. The van der Waals surface area contributed by atoms with Gasteiger partial charge in [-0.25, -0.2) is 29.1 Å². The largest absolute Gasteiger partial charge is 0.496 e. The third-order valence-corrected chi connectivity index (χ3v) is 15.5. The molecule has 4 aliphatic rings. The maximum atomic E-state index is 14.4. The molecule has 2 saturated heterocycles. The number of carbonyl (C=O) groups is 1. The molecular formula is C57H62ClFN6O12S. The van der Waals surface area contributed by atoms with Gasteiger partial charge in [0, 0.05) is 90.4 Å². The number of methoxy groups -OCH3 is 5. The minimum Gasteiger partial charge on any atom is -0.496 e. The second kappa shape index (κ2) is 25.9. The number of carboxylic acid groups (broad SMARTS) is 1. The van der Waals surface area contributed by atoms with Crippen molar-refractivity contribution in [2.45, 2.75) is 62.9 Å². The van der Waals surface area contributed by atoms with Crippen LogP contribution in [0.2, 0.25) is 5.02 Å². The van der Waals surface area contributed by atoms with Gasteiger partial charge in [0.2, 0.25) is 12.0 Å². The predicted molar refractivity (Wildman–Crippen MR) is 291 cm³/mol. The van der Waals surface area contributed by atoms with E-state index < -0.39 is 48.6 Å². The van der Waals surface area contributed by atoms with Crippen LogP contribution in [-0.4, -0.2) is 165 Å². The van der Waals surface area contributed by atoms with E-state index >= 15 is 0 Å². The van der Waals surface area contributed by atoms with Gasteiger partial charge in [-0.2, -0.15) is 0 Å². The molecule has 0 spiro atoms. The van der Waals surface area contributed by atoms with Crippen LogP contribution >= 0.6 is 22.9 Å². The summed E-state index contributed by atoms with van der Waals surface area (Å²) in [6.07, 6.45) is 3.05. The molecule has 2 bridgehead atoms. The molecule has 0 unspecified atom stereocenters. The second-order valence-electron chi connectivity index (χ2n) is 18.7. The third kappa shape index (κ3) is 12.6. The number of hydrogen-bond donors (Lipinski definition) is 1. The van der Waals surface area contributed by atoms with Crippen LogP contribution in [0, 0.1) is 12.7 Å². The first-order valence-electron chi connectivity index (χ1n) is 25.3. The van der Waals surface area contributed by atoms with E-state index in [0.29, 0.717) is 116 Å². The summed E-state index contributed by atoms with van der Waals surface area (Å²) in [6, 6.07) is 18.9. The molecule has 3 aromatic heterocycles. The van der Waals surface area contributed by atoms with Crippen molar-refractivity contribution in [2.75, 3.05) is 81.4 Å². The summed E-state index contributed by atoms with van der Waals surface area (Å²) in [5.74, 6) is 0.210. The maximum Gasteiger partial charge on any atom is 0.345 e. The van der Waals surface area contributed by atoms with E-state index in [4.69, 9.17) is 64.0 Å². The van der Waals surface area contributed by atoms with E-state index in [2.05, 4.69) is 31.3 Å². The van der Waals surface area contributed by atoms with Crippen LogP contribution in [0.5, 0.6) is 17.4 Å². The Hall–Kier alpha value is -6.59. The first-order valence-corrected chi connectivity index (χ1v) is 26.5. The summed E-state index contributed by atoms with van der Waals surface area (Å²) in [5, 5.41) is 11.7. The molecule has 0 saturated carbocycles. The molecule has 10 rings (SSSR count). The number of nitrogens with zero attached hydrogens (tertiary/aromatic N) is 6. The molecule has 0 amide bonds. The summed E-state index contributed by atoms with van der Waals surface area (Å²) in [4.78, 5) is 37.7. The van der Waals surface area contributed by atoms with Gasteiger partial charge in [0.15, 0.2) is 12.1 Å². The minimum atomic E-state index is -1.55. The molecule has 6 aromatic rings. The van der Waals surface area contributed by atoms with Crippen molar-refractivity contribution < 1.29 is 61.7 Å². The lowest BCUT2D eigenvalue weighted by Crippen LogP contribution is -2.63. The topological polar surface area (TPSA) is 188 Å². The van der Waals surface area contributed by atoms with E-state index in [1.165, 1.54) is 29.8 Å². The fourth-order valence-corrected chi connectivity index (χ4v) is 11.3. The molecule has 4 aliphatic heterocycles. The summed E-state index contributed by atoms with van der Waals surface area (Å²) in [6.45, 7) is 9.57. The van der Waals surface area contributed by atoms with Gasteiger partial charge >= 0.3 is 5.97 Å². The van der Waals surface area contributed by atoms with E-state index in [9.17, 15) is 14.3 Å². The van der Waals surface area contributed by atoms with Gasteiger partial charge in [0.05, 0.1) is 35.2 Å². The van der Waals surface area contributed by atoms with Crippen LogP contribution in [-0.2, 0) is 44.6 Å². The Morgan fingerprint density at radius 3 is 2.33 bits per heavy atom. The van der Waals surface area contributed by atoms with Crippen LogP contribution in [0.1, 0.15) is 17.7 Å². The van der Waals surface area contributed by atoms with Crippen molar-refractivity contribution in [2.24, 2.45) is 0 Å². The third-order valence-electron chi connectivity index (χ3n) is 13.9. The summed E-state index contributed by atoms with van der Waals surface area (Å²) in [5.41, 5.74) is 3.83. The Labute approximate surface area is 460 Å². The molecule has 3 aromatic carbocycles. The van der Waals surface area contributed by atoms with Gasteiger partial charge in [0.1, 0.15) is 83.7 Å². The Bertz CT molecular complexity index is 3120. The van der Waals surface area contributed by atoms with Crippen LogP contribution in [0.4, 0.5) is 4.39 Å². The first-order chi connectivity index (χ1) is 37.9. The van der Waals surface area contributed by atoms with Crippen LogP contribution in [0.3, 0.4) is 0 Å². The number of benzene rings is 3. The molecule has 21 heteroatoms. The number of fused-ring (bicyclic) bond motifs is 10. The molecule has 7 heterocycles. The number of aromatic nitrogens is 4. The van der Waals surface area contributed by atoms with Crippen molar-refractivity contribution >= 4 is 39.1 Å². The van der Waals surface area contributed by atoms with Crippen LogP contribution < -0.4 is 14.2 Å². The molecule has 78 heavy (non-hydrogen) atoms. The van der Waals surface area contributed by atoms with E-state index in [1.54, 1.807) is 84.2 Å². The number of aliphatic carboxylic acids is 1. The zero-order chi connectivity index (χ0) is 54.9. The Morgan fingerprint density at radius 1 is 0.885 bits per heavy atom. The summed E-state index contributed by atoms with van der Waals surface area (Å²) in [7, 11) is 8.03. The van der Waals surface area contributed by atoms with E-state index in [-0.39, 0.29) is 37.4 Å². The molecule has 0 radical (unpaired) electrons. The first kappa shape index (κ1) is 56.1. The van der Waals surface area contributed by atoms with Crippen molar-refractivity contribution in [3.8, 4) is 50.3 Å². The average molecular weight is 1110 g/mol. The lowest BCUT2D eigenvalue weighted by atomic mass is 9.96. The number of halogens is 2. The van der Waals surface area contributed by atoms with Gasteiger partial charge in [-0.15, -0.1) is 11.3 Å². The Kier molecular flexibility index (Phi) is 18.7. The molecule has 7 atom stereocenters. The number of para-hydroxylation sites is 1. The van der Waals surface area contributed by atoms with Gasteiger partial charge < -0.3 is 52.5 Å². The van der Waals surface area contributed by atoms with Gasteiger partial charge in [-0.05, 0) is 66.1 Å². The molecule has 0 aliphatic carbocycles. The highest BCUT2D eigenvalue weighted by atomic mass is 35.5. The highest BCUT2D eigenvalue weighted by molar-refractivity contribution is 7.22. The number of thiophene rings is 1. The SMILES string of the molecule is C=C/C=C1\C=C(/OCc2ccnc(-c3ccccc3OC)n2)C[C@H](C(=O)O)Oc2ncnc3sc(-c4ccc(F)cc4)c(c23)-c2ccc(c(Cl)c2C)O[C@H](CN2CCN(C[C@H]3O[C@H](OC)[C@@H](OC)[C@@H](OC)[C@@H]3OC)CC2)CO1. The predicted octanol–water partition coefficient (Wildman–Crippen LogP) is 8.80. The van der Waals surface area contributed by atoms with Crippen molar-refractivity contribution in [3.05, 3.63) is 138 Å². The molecule has 412 valence electrons. The van der Waals surface area contributed by atoms with Crippen molar-refractivity contribution in [3.63, 3.8) is 0 Å². The quantitative estimate of drug-likeness (QED) is 0.0967. The van der Waals surface area contributed by atoms with E-state index in [1.807, 2.05) is 37.3 Å². The zero-order valence-electron chi connectivity index (χ0n) is 44.1. The number of allylic oxidation sites excluding steroid dienone is 3.